The lowest BCUT2D eigenvalue weighted by Gasteiger charge is -2.22. The number of sulfonamides is 1. The minimum absolute atomic E-state index is 0.148. The SMILES string of the molecule is O=C(CNS(=O)(=O)Cc1ccccc1Br)NC1CCCCC1. The molecule has 122 valence electrons. The number of carbonyl (C=O) groups excluding carboxylic acids is 1. The number of hydrogen-bond donors (Lipinski definition) is 2. The average Bonchev–Trinajstić information content (AvgIpc) is 2.49. The summed E-state index contributed by atoms with van der Waals surface area (Å²) in [6.45, 7) is -0.205. The second-order valence-electron chi connectivity index (χ2n) is 5.57. The van der Waals surface area contributed by atoms with Gasteiger partial charge in [-0.15, -0.1) is 0 Å². The monoisotopic (exact) mass is 388 g/mol. The van der Waals surface area contributed by atoms with Gasteiger partial charge in [0.05, 0.1) is 12.3 Å². The van der Waals surface area contributed by atoms with Gasteiger partial charge < -0.3 is 5.32 Å². The van der Waals surface area contributed by atoms with Gasteiger partial charge >= 0.3 is 0 Å². The van der Waals surface area contributed by atoms with E-state index >= 15 is 0 Å². The lowest BCUT2D eigenvalue weighted by atomic mass is 9.95. The van der Waals surface area contributed by atoms with Gasteiger partial charge in [0.15, 0.2) is 0 Å². The summed E-state index contributed by atoms with van der Waals surface area (Å²) in [4.78, 5) is 11.8. The van der Waals surface area contributed by atoms with E-state index in [4.69, 9.17) is 0 Å². The molecule has 1 fully saturated rings. The summed E-state index contributed by atoms with van der Waals surface area (Å²) in [7, 11) is -3.53. The standard InChI is InChI=1S/C15H21BrN2O3S/c16-14-9-5-4-6-12(14)11-22(20,21)17-10-15(19)18-13-7-2-1-3-8-13/h4-6,9,13,17H,1-3,7-8,10-11H2,(H,18,19). The van der Waals surface area contributed by atoms with Gasteiger partial charge in [-0.3, -0.25) is 4.79 Å². The van der Waals surface area contributed by atoms with Gasteiger partial charge in [0.1, 0.15) is 0 Å². The Kier molecular flexibility index (Phi) is 6.40. The molecule has 0 bridgehead atoms. The van der Waals surface area contributed by atoms with Crippen LogP contribution in [0.25, 0.3) is 0 Å². The van der Waals surface area contributed by atoms with Crippen molar-refractivity contribution in [1.82, 2.24) is 10.0 Å². The Morgan fingerprint density at radius 3 is 2.55 bits per heavy atom. The van der Waals surface area contributed by atoms with E-state index in [1.165, 1.54) is 6.42 Å². The normalized spacial score (nSPS) is 16.4. The molecule has 0 unspecified atom stereocenters. The molecular weight excluding hydrogens is 368 g/mol. The maximum atomic E-state index is 12.0. The van der Waals surface area contributed by atoms with Gasteiger partial charge in [-0.25, -0.2) is 13.1 Å². The highest BCUT2D eigenvalue weighted by Gasteiger charge is 2.18. The van der Waals surface area contributed by atoms with Crippen LogP contribution in [0, 0.1) is 0 Å². The minimum Gasteiger partial charge on any atom is -0.352 e. The summed E-state index contributed by atoms with van der Waals surface area (Å²) in [6.07, 6.45) is 5.42. The molecule has 7 heteroatoms. The molecule has 1 aliphatic rings. The molecule has 0 heterocycles. The van der Waals surface area contributed by atoms with Gasteiger partial charge in [-0.1, -0.05) is 53.4 Å². The largest absolute Gasteiger partial charge is 0.352 e. The third kappa shape index (κ3) is 5.70. The topological polar surface area (TPSA) is 75.3 Å². The van der Waals surface area contributed by atoms with E-state index in [9.17, 15) is 13.2 Å². The highest BCUT2D eigenvalue weighted by Crippen LogP contribution is 2.18. The van der Waals surface area contributed by atoms with Crippen LogP contribution in [0.4, 0.5) is 0 Å². The lowest BCUT2D eigenvalue weighted by Crippen LogP contribution is -2.42. The molecule has 1 aromatic rings. The van der Waals surface area contributed by atoms with Crippen LogP contribution in [0.1, 0.15) is 37.7 Å². The molecule has 0 aliphatic heterocycles. The number of rotatable bonds is 6. The highest BCUT2D eigenvalue weighted by atomic mass is 79.9. The van der Waals surface area contributed by atoms with Crippen LogP contribution < -0.4 is 10.0 Å². The Bertz CT molecular complexity index is 613. The number of amides is 1. The van der Waals surface area contributed by atoms with E-state index in [-0.39, 0.29) is 24.2 Å². The van der Waals surface area contributed by atoms with Crippen LogP contribution in [0.15, 0.2) is 28.7 Å². The molecule has 0 saturated heterocycles. The molecule has 1 amide bonds. The highest BCUT2D eigenvalue weighted by molar-refractivity contribution is 9.10. The zero-order valence-corrected chi connectivity index (χ0v) is 14.7. The van der Waals surface area contributed by atoms with Crippen molar-refractivity contribution in [2.24, 2.45) is 0 Å². The van der Waals surface area contributed by atoms with Crippen LogP contribution in [0.5, 0.6) is 0 Å². The Hall–Kier alpha value is -0.920. The number of carbonyl (C=O) groups is 1. The average molecular weight is 389 g/mol. The van der Waals surface area contributed by atoms with Crippen LogP contribution in [0.3, 0.4) is 0 Å². The molecular formula is C15H21BrN2O3S. The van der Waals surface area contributed by atoms with E-state index in [1.807, 2.05) is 6.07 Å². The second-order valence-corrected chi connectivity index (χ2v) is 8.24. The summed E-state index contributed by atoms with van der Waals surface area (Å²) < 4.78 is 27.2. The molecule has 1 aromatic carbocycles. The molecule has 2 N–H and O–H groups in total. The van der Waals surface area contributed by atoms with Crippen LogP contribution >= 0.6 is 15.9 Å². The number of hydrogen-bond acceptors (Lipinski definition) is 3. The summed E-state index contributed by atoms with van der Waals surface area (Å²) >= 11 is 3.32. The molecule has 2 rings (SSSR count). The molecule has 0 spiro atoms. The third-order valence-corrected chi connectivity index (χ3v) is 5.78. The molecule has 22 heavy (non-hydrogen) atoms. The zero-order chi connectivity index (χ0) is 16.0. The van der Waals surface area contributed by atoms with Gasteiger partial charge in [0, 0.05) is 10.5 Å². The predicted molar refractivity (Wildman–Crippen MR) is 89.8 cm³/mol. The fourth-order valence-electron chi connectivity index (χ4n) is 2.57. The molecule has 0 aromatic heterocycles. The van der Waals surface area contributed by atoms with Gasteiger partial charge in [0.25, 0.3) is 0 Å². The number of benzene rings is 1. The van der Waals surface area contributed by atoms with Crippen molar-refractivity contribution in [3.8, 4) is 0 Å². The van der Waals surface area contributed by atoms with Crippen LogP contribution in [-0.4, -0.2) is 26.9 Å². The quantitative estimate of drug-likeness (QED) is 0.784. The molecule has 1 aliphatic carbocycles. The smallest absolute Gasteiger partial charge is 0.235 e. The maximum Gasteiger partial charge on any atom is 0.235 e. The third-order valence-electron chi connectivity index (χ3n) is 3.73. The summed E-state index contributed by atoms with van der Waals surface area (Å²) in [6, 6.07) is 7.33. The fourth-order valence-corrected chi connectivity index (χ4v) is 4.30. The van der Waals surface area contributed by atoms with Crippen molar-refractivity contribution in [3.63, 3.8) is 0 Å². The number of halogens is 1. The Morgan fingerprint density at radius 2 is 1.86 bits per heavy atom. The second kappa shape index (κ2) is 8.08. The van der Waals surface area contributed by atoms with Crippen LogP contribution in [-0.2, 0) is 20.6 Å². The van der Waals surface area contributed by atoms with Gasteiger partial charge in [0.2, 0.25) is 15.9 Å². The van der Waals surface area contributed by atoms with Crippen molar-refractivity contribution in [1.29, 1.82) is 0 Å². The summed E-state index contributed by atoms with van der Waals surface area (Å²) in [5.41, 5.74) is 0.669. The van der Waals surface area contributed by atoms with Crippen molar-refractivity contribution in [3.05, 3.63) is 34.3 Å². The van der Waals surface area contributed by atoms with E-state index in [1.54, 1.807) is 18.2 Å². The molecule has 5 nitrogen and oxygen atoms in total. The summed E-state index contributed by atoms with van der Waals surface area (Å²) in [5, 5.41) is 2.89. The molecule has 0 atom stereocenters. The Labute approximate surface area is 140 Å². The fraction of sp³-hybridized carbons (Fsp3) is 0.533. The summed E-state index contributed by atoms with van der Waals surface area (Å²) in [5.74, 6) is -0.409. The van der Waals surface area contributed by atoms with Crippen LogP contribution in [0.2, 0.25) is 0 Å². The molecule has 1 saturated carbocycles. The van der Waals surface area contributed by atoms with E-state index < -0.39 is 10.0 Å². The first-order valence-corrected chi connectivity index (χ1v) is 9.91. The first-order chi connectivity index (χ1) is 10.5. The van der Waals surface area contributed by atoms with E-state index in [2.05, 4.69) is 26.0 Å². The van der Waals surface area contributed by atoms with E-state index in [0.717, 1.165) is 30.2 Å². The lowest BCUT2D eigenvalue weighted by molar-refractivity contribution is -0.120. The van der Waals surface area contributed by atoms with E-state index in [0.29, 0.717) is 5.56 Å². The zero-order valence-electron chi connectivity index (χ0n) is 12.3. The van der Waals surface area contributed by atoms with Gasteiger partial charge in [-0.2, -0.15) is 0 Å². The Morgan fingerprint density at radius 1 is 1.18 bits per heavy atom. The van der Waals surface area contributed by atoms with Gasteiger partial charge in [-0.05, 0) is 24.5 Å². The Balaban J connectivity index is 1.81. The molecule has 0 radical (unpaired) electrons. The first kappa shape index (κ1) is 17.4. The number of nitrogens with one attached hydrogen (secondary N) is 2. The van der Waals surface area contributed by atoms with Crippen molar-refractivity contribution >= 4 is 31.9 Å². The minimum atomic E-state index is -3.53. The van der Waals surface area contributed by atoms with Crippen molar-refractivity contribution < 1.29 is 13.2 Å². The maximum absolute atomic E-state index is 12.0. The van der Waals surface area contributed by atoms with Crippen molar-refractivity contribution in [2.45, 2.75) is 43.9 Å². The van der Waals surface area contributed by atoms with Crippen molar-refractivity contribution in [2.75, 3.05) is 6.54 Å². The first-order valence-electron chi connectivity index (χ1n) is 7.46. The predicted octanol–water partition coefficient (Wildman–Crippen LogP) is 2.32.